The average molecular weight is 498 g/mol. The Morgan fingerprint density at radius 1 is 1.20 bits per heavy atom. The zero-order chi connectivity index (χ0) is 25.2. The number of aromatic nitrogens is 3. The molecule has 0 aliphatic heterocycles. The molecule has 184 valence electrons. The van der Waals surface area contributed by atoms with E-state index in [2.05, 4.69) is 27.4 Å². The number of benzene rings is 2. The second-order valence-electron chi connectivity index (χ2n) is 7.46. The van der Waals surface area contributed by atoms with Gasteiger partial charge in [-0.2, -0.15) is 0 Å². The summed E-state index contributed by atoms with van der Waals surface area (Å²) >= 11 is 1.27. The molecule has 1 heterocycles. The number of halogens is 1. The molecule has 0 saturated carbocycles. The molecule has 35 heavy (non-hydrogen) atoms. The van der Waals surface area contributed by atoms with Crippen molar-refractivity contribution in [3.8, 4) is 5.75 Å². The van der Waals surface area contributed by atoms with Crippen LogP contribution in [0.15, 0.2) is 66.3 Å². The molecule has 2 amide bonds. The van der Waals surface area contributed by atoms with Crippen molar-refractivity contribution in [1.82, 2.24) is 20.1 Å². The summed E-state index contributed by atoms with van der Waals surface area (Å²) in [6.45, 7) is 8.62. The maximum Gasteiger partial charge on any atom is 0.254 e. The molecule has 2 N–H and O–H groups in total. The van der Waals surface area contributed by atoms with E-state index in [-0.39, 0.29) is 18.0 Å². The van der Waals surface area contributed by atoms with E-state index in [0.29, 0.717) is 42.0 Å². The normalized spacial score (nSPS) is 11.5. The molecule has 2 aromatic carbocycles. The van der Waals surface area contributed by atoms with Crippen LogP contribution in [0.1, 0.15) is 30.0 Å². The van der Waals surface area contributed by atoms with Gasteiger partial charge in [-0.05, 0) is 38.1 Å². The van der Waals surface area contributed by atoms with Gasteiger partial charge in [-0.1, -0.05) is 42.1 Å². The van der Waals surface area contributed by atoms with Gasteiger partial charge >= 0.3 is 0 Å². The van der Waals surface area contributed by atoms with E-state index in [0.717, 1.165) is 0 Å². The minimum absolute atomic E-state index is 0.0120. The zero-order valence-electron chi connectivity index (χ0n) is 19.7. The summed E-state index contributed by atoms with van der Waals surface area (Å²) in [5.41, 5.74) is 0.590. The van der Waals surface area contributed by atoms with E-state index in [1.165, 1.54) is 30.0 Å². The Hall–Kier alpha value is -3.66. The lowest BCUT2D eigenvalue weighted by Crippen LogP contribution is -2.27. The maximum absolute atomic E-state index is 13.8. The van der Waals surface area contributed by atoms with Gasteiger partial charge in [-0.3, -0.25) is 9.59 Å². The molecule has 0 aliphatic rings. The highest BCUT2D eigenvalue weighted by atomic mass is 32.2. The predicted octanol–water partition coefficient (Wildman–Crippen LogP) is 4.09. The molecular formula is C25H28FN5O3S. The quantitative estimate of drug-likeness (QED) is 0.289. The molecule has 0 saturated heterocycles. The minimum atomic E-state index is -0.574. The Bertz CT molecular complexity index is 1180. The number of ether oxygens (including phenoxy) is 1. The second kappa shape index (κ2) is 12.7. The number of hydrogen-bond donors (Lipinski definition) is 2. The monoisotopic (exact) mass is 497 g/mol. The van der Waals surface area contributed by atoms with Gasteiger partial charge in [0.05, 0.1) is 23.1 Å². The van der Waals surface area contributed by atoms with E-state index in [1.807, 2.05) is 23.6 Å². The molecule has 0 unspecified atom stereocenters. The van der Waals surface area contributed by atoms with E-state index in [4.69, 9.17) is 4.74 Å². The SMILES string of the molecule is C=CCn1c(CCNC(=O)c2ccccc2F)nnc1S[C@@H](C)C(=O)Nc1ccccc1OCC. The summed E-state index contributed by atoms with van der Waals surface area (Å²) < 4.78 is 21.2. The third-order valence-corrected chi connectivity index (χ3v) is 6.03. The van der Waals surface area contributed by atoms with Crippen LogP contribution in [0.4, 0.5) is 10.1 Å². The number of amides is 2. The van der Waals surface area contributed by atoms with Crippen LogP contribution < -0.4 is 15.4 Å². The van der Waals surface area contributed by atoms with Crippen molar-refractivity contribution in [2.45, 2.75) is 37.2 Å². The number of allylic oxidation sites excluding steroid dienone is 1. The van der Waals surface area contributed by atoms with Crippen molar-refractivity contribution in [2.75, 3.05) is 18.5 Å². The predicted molar refractivity (Wildman–Crippen MR) is 134 cm³/mol. The number of nitrogens with one attached hydrogen (secondary N) is 2. The van der Waals surface area contributed by atoms with Crippen LogP contribution in [0, 0.1) is 5.82 Å². The summed E-state index contributed by atoms with van der Waals surface area (Å²) in [5, 5.41) is 14.1. The molecule has 1 atom stereocenters. The number of rotatable bonds is 12. The molecule has 0 bridgehead atoms. The summed E-state index contributed by atoms with van der Waals surface area (Å²) in [4.78, 5) is 25.1. The largest absolute Gasteiger partial charge is 0.492 e. The molecule has 3 rings (SSSR count). The van der Waals surface area contributed by atoms with Crippen LogP contribution >= 0.6 is 11.8 Å². The van der Waals surface area contributed by atoms with Crippen molar-refractivity contribution in [1.29, 1.82) is 0 Å². The first-order valence-electron chi connectivity index (χ1n) is 11.2. The number of nitrogens with zero attached hydrogens (tertiary/aromatic N) is 3. The third-order valence-electron chi connectivity index (χ3n) is 4.95. The first-order valence-corrected chi connectivity index (χ1v) is 12.1. The van der Waals surface area contributed by atoms with Crippen LogP contribution in [-0.4, -0.2) is 45.0 Å². The number of para-hydroxylation sites is 2. The molecule has 1 aromatic heterocycles. The van der Waals surface area contributed by atoms with Gasteiger partial charge in [0.1, 0.15) is 17.4 Å². The van der Waals surface area contributed by atoms with E-state index < -0.39 is 17.0 Å². The molecule has 10 heteroatoms. The van der Waals surface area contributed by atoms with Crippen LogP contribution in [0.5, 0.6) is 5.75 Å². The molecule has 3 aromatic rings. The Kier molecular flexibility index (Phi) is 9.42. The van der Waals surface area contributed by atoms with Gasteiger partial charge in [0, 0.05) is 19.5 Å². The highest BCUT2D eigenvalue weighted by Gasteiger charge is 2.21. The number of hydrogen-bond acceptors (Lipinski definition) is 6. The van der Waals surface area contributed by atoms with E-state index >= 15 is 0 Å². The molecule has 8 nitrogen and oxygen atoms in total. The maximum atomic E-state index is 13.8. The van der Waals surface area contributed by atoms with Gasteiger partial charge in [-0.15, -0.1) is 16.8 Å². The fourth-order valence-electron chi connectivity index (χ4n) is 3.23. The summed E-state index contributed by atoms with van der Waals surface area (Å²) in [6.07, 6.45) is 2.09. The van der Waals surface area contributed by atoms with E-state index in [1.54, 1.807) is 31.2 Å². The van der Waals surface area contributed by atoms with Gasteiger partial charge in [-0.25, -0.2) is 4.39 Å². The number of carbonyl (C=O) groups excluding carboxylic acids is 2. The molecule has 0 spiro atoms. The lowest BCUT2D eigenvalue weighted by molar-refractivity contribution is -0.115. The topological polar surface area (TPSA) is 98.1 Å². The van der Waals surface area contributed by atoms with Crippen LogP contribution in [0.2, 0.25) is 0 Å². The van der Waals surface area contributed by atoms with Crippen molar-refractivity contribution in [2.24, 2.45) is 0 Å². The van der Waals surface area contributed by atoms with Gasteiger partial charge in [0.15, 0.2) is 5.16 Å². The highest BCUT2D eigenvalue weighted by molar-refractivity contribution is 8.00. The number of anilines is 1. The Morgan fingerprint density at radius 2 is 1.94 bits per heavy atom. The highest BCUT2D eigenvalue weighted by Crippen LogP contribution is 2.27. The smallest absolute Gasteiger partial charge is 0.254 e. The Balaban J connectivity index is 1.62. The zero-order valence-corrected chi connectivity index (χ0v) is 20.5. The van der Waals surface area contributed by atoms with Crippen LogP contribution in [0.3, 0.4) is 0 Å². The van der Waals surface area contributed by atoms with Crippen LogP contribution in [0.25, 0.3) is 0 Å². The lowest BCUT2D eigenvalue weighted by Gasteiger charge is -2.15. The van der Waals surface area contributed by atoms with Gasteiger partial charge in [0.25, 0.3) is 5.91 Å². The molecule has 0 aliphatic carbocycles. The summed E-state index contributed by atoms with van der Waals surface area (Å²) in [7, 11) is 0. The van der Waals surface area contributed by atoms with Crippen molar-refractivity contribution >= 4 is 29.3 Å². The fraction of sp³-hybridized carbons (Fsp3) is 0.280. The van der Waals surface area contributed by atoms with Crippen LogP contribution in [-0.2, 0) is 17.8 Å². The van der Waals surface area contributed by atoms with E-state index in [9.17, 15) is 14.0 Å². The number of carbonyl (C=O) groups is 2. The second-order valence-corrected chi connectivity index (χ2v) is 8.77. The number of thioether (sulfide) groups is 1. The lowest BCUT2D eigenvalue weighted by atomic mass is 10.2. The van der Waals surface area contributed by atoms with Gasteiger partial charge < -0.3 is 19.9 Å². The standard InChI is InChI=1S/C25H28FN5O3S/c1-4-16-31-22(14-15-27-24(33)18-10-6-7-11-19(18)26)29-30-25(31)35-17(3)23(32)28-20-12-8-9-13-21(20)34-5-2/h4,6-13,17H,1,5,14-16H2,2-3H3,(H,27,33)(H,28,32)/t17-/m0/s1. The molecular weight excluding hydrogens is 469 g/mol. The summed E-state index contributed by atoms with van der Waals surface area (Å²) in [5.74, 6) is -0.0422. The summed E-state index contributed by atoms with van der Waals surface area (Å²) in [6, 6.07) is 13.1. The first-order chi connectivity index (χ1) is 16.9. The van der Waals surface area contributed by atoms with Crippen molar-refractivity contribution in [3.05, 3.63) is 78.4 Å². The average Bonchev–Trinajstić information content (AvgIpc) is 3.21. The minimum Gasteiger partial charge on any atom is -0.492 e. The first kappa shape index (κ1) is 26.0. The van der Waals surface area contributed by atoms with Gasteiger partial charge in [0.2, 0.25) is 5.91 Å². The Labute approximate surface area is 208 Å². The van der Waals surface area contributed by atoms with Crippen molar-refractivity contribution < 1.29 is 18.7 Å². The third kappa shape index (κ3) is 6.92. The molecule has 0 radical (unpaired) electrons. The Morgan fingerprint density at radius 3 is 2.69 bits per heavy atom. The van der Waals surface area contributed by atoms with Crippen molar-refractivity contribution in [3.63, 3.8) is 0 Å². The fourth-order valence-corrected chi connectivity index (χ4v) is 4.11. The molecule has 0 fully saturated rings.